The Bertz CT molecular complexity index is 537. The smallest absolute Gasteiger partial charge is 0.252 e. The Hall–Kier alpha value is -1.46. The van der Waals surface area contributed by atoms with Crippen LogP contribution in [-0.2, 0) is 14.3 Å². The molecule has 2 aliphatic rings. The molecule has 2 aliphatic heterocycles. The lowest BCUT2D eigenvalue weighted by atomic mass is 9.97. The zero-order valence-corrected chi connectivity index (χ0v) is 13.0. The minimum atomic E-state index is -0.362. The molecule has 5 heteroatoms. The summed E-state index contributed by atoms with van der Waals surface area (Å²) >= 11 is 0. The van der Waals surface area contributed by atoms with Crippen LogP contribution in [0, 0.1) is 5.82 Å². The van der Waals surface area contributed by atoms with E-state index in [9.17, 15) is 9.18 Å². The van der Waals surface area contributed by atoms with E-state index < -0.39 is 0 Å². The van der Waals surface area contributed by atoms with Crippen molar-refractivity contribution in [2.24, 2.45) is 0 Å². The fourth-order valence-corrected chi connectivity index (χ4v) is 3.06. The maximum absolute atomic E-state index is 13.1. The maximum atomic E-state index is 13.1. The average molecular weight is 307 g/mol. The Labute approximate surface area is 130 Å². The second kappa shape index (κ2) is 5.97. The van der Waals surface area contributed by atoms with E-state index in [1.165, 1.54) is 12.1 Å². The third kappa shape index (κ3) is 3.01. The van der Waals surface area contributed by atoms with Crippen LogP contribution in [0.2, 0.25) is 0 Å². The van der Waals surface area contributed by atoms with Crippen LogP contribution in [0.4, 0.5) is 4.39 Å². The lowest BCUT2D eigenvalue weighted by Gasteiger charge is -2.46. The molecule has 2 fully saturated rings. The number of benzene rings is 1. The summed E-state index contributed by atoms with van der Waals surface area (Å²) in [5.74, 6) is -0.231. The number of rotatable bonds is 2. The zero-order valence-electron chi connectivity index (χ0n) is 13.0. The highest BCUT2D eigenvalue weighted by Gasteiger charge is 2.41. The van der Waals surface area contributed by atoms with Crippen LogP contribution >= 0.6 is 0 Å². The molecule has 2 heterocycles. The van der Waals surface area contributed by atoms with Crippen molar-refractivity contribution in [2.45, 2.75) is 44.4 Å². The van der Waals surface area contributed by atoms with Gasteiger partial charge in [-0.3, -0.25) is 4.79 Å². The molecule has 1 amide bonds. The first-order valence-corrected chi connectivity index (χ1v) is 7.77. The minimum Gasteiger partial charge on any atom is -0.369 e. The molecule has 0 bridgehead atoms. The molecule has 0 aliphatic carbocycles. The topological polar surface area (TPSA) is 38.8 Å². The number of nitrogens with zero attached hydrogens (tertiary/aromatic N) is 1. The van der Waals surface area contributed by atoms with Crippen LogP contribution in [0.25, 0.3) is 0 Å². The van der Waals surface area contributed by atoms with Crippen molar-refractivity contribution >= 4 is 5.91 Å². The van der Waals surface area contributed by atoms with Crippen molar-refractivity contribution in [3.05, 3.63) is 35.6 Å². The quantitative estimate of drug-likeness (QED) is 0.843. The van der Waals surface area contributed by atoms with E-state index in [-0.39, 0.29) is 29.5 Å². The van der Waals surface area contributed by atoms with Gasteiger partial charge < -0.3 is 14.4 Å². The Kier molecular flexibility index (Phi) is 4.19. The summed E-state index contributed by atoms with van der Waals surface area (Å²) in [5, 5.41) is 0. The van der Waals surface area contributed by atoms with E-state index in [1.807, 2.05) is 18.7 Å². The number of carbonyl (C=O) groups is 1. The summed E-state index contributed by atoms with van der Waals surface area (Å²) in [6.07, 6.45) is 1.17. The van der Waals surface area contributed by atoms with E-state index in [0.717, 1.165) is 18.4 Å². The molecule has 0 saturated carbocycles. The number of ether oxygens (including phenoxy) is 2. The first-order chi connectivity index (χ1) is 10.5. The fraction of sp³-hybridized carbons (Fsp3) is 0.588. The number of hydrogen-bond donors (Lipinski definition) is 0. The van der Waals surface area contributed by atoms with Crippen LogP contribution < -0.4 is 0 Å². The summed E-state index contributed by atoms with van der Waals surface area (Å²) in [5.41, 5.74) is 0.529. The molecule has 1 aromatic carbocycles. The van der Waals surface area contributed by atoms with Crippen molar-refractivity contribution < 1.29 is 18.7 Å². The summed E-state index contributed by atoms with van der Waals surface area (Å²) in [4.78, 5) is 14.6. The highest BCUT2D eigenvalue weighted by molar-refractivity contribution is 5.82. The van der Waals surface area contributed by atoms with Crippen LogP contribution in [0.3, 0.4) is 0 Å². The van der Waals surface area contributed by atoms with Crippen LogP contribution in [0.15, 0.2) is 24.3 Å². The zero-order chi connectivity index (χ0) is 15.7. The van der Waals surface area contributed by atoms with E-state index >= 15 is 0 Å². The third-order valence-electron chi connectivity index (χ3n) is 4.43. The predicted octanol–water partition coefficient (Wildman–Crippen LogP) is 2.68. The van der Waals surface area contributed by atoms with Gasteiger partial charge in [0, 0.05) is 6.61 Å². The third-order valence-corrected chi connectivity index (χ3v) is 4.43. The van der Waals surface area contributed by atoms with Crippen molar-refractivity contribution in [3.63, 3.8) is 0 Å². The normalized spacial score (nSPS) is 27.9. The standard InChI is InChI=1S/C17H22FNO3/c1-17(2)11-22-15(12-5-7-13(18)8-6-12)10-19(17)16(20)14-4-3-9-21-14/h5-8,14-15H,3-4,9-11H2,1-2H3. The van der Waals surface area contributed by atoms with Gasteiger partial charge in [-0.15, -0.1) is 0 Å². The first-order valence-electron chi connectivity index (χ1n) is 7.77. The van der Waals surface area contributed by atoms with Crippen molar-refractivity contribution in [3.8, 4) is 0 Å². The molecule has 0 radical (unpaired) electrons. The van der Waals surface area contributed by atoms with Gasteiger partial charge in [0.1, 0.15) is 18.0 Å². The maximum Gasteiger partial charge on any atom is 0.252 e. The van der Waals surface area contributed by atoms with Crippen molar-refractivity contribution in [2.75, 3.05) is 19.8 Å². The monoisotopic (exact) mass is 307 g/mol. The van der Waals surface area contributed by atoms with Gasteiger partial charge in [0.2, 0.25) is 0 Å². The van der Waals surface area contributed by atoms with E-state index in [2.05, 4.69) is 0 Å². The Morgan fingerprint density at radius 2 is 2.00 bits per heavy atom. The Morgan fingerprint density at radius 1 is 1.27 bits per heavy atom. The molecule has 0 N–H and O–H groups in total. The van der Waals surface area contributed by atoms with E-state index in [1.54, 1.807) is 12.1 Å². The van der Waals surface area contributed by atoms with Gasteiger partial charge in [-0.1, -0.05) is 12.1 Å². The summed E-state index contributed by atoms with van der Waals surface area (Å²) in [7, 11) is 0. The molecule has 2 unspecified atom stereocenters. The second-order valence-corrected chi connectivity index (χ2v) is 6.61. The molecule has 2 saturated heterocycles. The van der Waals surface area contributed by atoms with E-state index in [0.29, 0.717) is 19.8 Å². The molecule has 120 valence electrons. The molecular formula is C17H22FNO3. The summed E-state index contributed by atoms with van der Waals surface area (Å²) in [6.45, 7) is 5.58. The fourth-order valence-electron chi connectivity index (χ4n) is 3.06. The van der Waals surface area contributed by atoms with Crippen LogP contribution in [-0.4, -0.2) is 42.2 Å². The number of carbonyl (C=O) groups excluding carboxylic acids is 1. The molecule has 4 nitrogen and oxygen atoms in total. The highest BCUT2D eigenvalue weighted by atomic mass is 19.1. The van der Waals surface area contributed by atoms with Gasteiger partial charge in [-0.25, -0.2) is 4.39 Å². The molecule has 0 aromatic heterocycles. The Morgan fingerprint density at radius 3 is 2.64 bits per heavy atom. The largest absolute Gasteiger partial charge is 0.369 e. The molecule has 0 spiro atoms. The number of hydrogen-bond acceptors (Lipinski definition) is 3. The lowest BCUT2D eigenvalue weighted by molar-refractivity contribution is -0.163. The molecule has 2 atom stereocenters. The highest BCUT2D eigenvalue weighted by Crippen LogP contribution is 2.32. The molecule has 1 aromatic rings. The number of morpholine rings is 1. The van der Waals surface area contributed by atoms with Gasteiger partial charge in [0.15, 0.2) is 0 Å². The molecular weight excluding hydrogens is 285 g/mol. The van der Waals surface area contributed by atoms with Gasteiger partial charge in [0.25, 0.3) is 5.91 Å². The average Bonchev–Trinajstić information content (AvgIpc) is 3.02. The number of halogens is 1. The van der Waals surface area contributed by atoms with Gasteiger partial charge in [0.05, 0.1) is 18.7 Å². The van der Waals surface area contributed by atoms with E-state index in [4.69, 9.17) is 9.47 Å². The summed E-state index contributed by atoms with van der Waals surface area (Å²) in [6, 6.07) is 6.27. The van der Waals surface area contributed by atoms with Gasteiger partial charge in [-0.05, 0) is 44.4 Å². The SMILES string of the molecule is CC1(C)COC(c2ccc(F)cc2)CN1C(=O)C1CCCO1. The summed E-state index contributed by atoms with van der Waals surface area (Å²) < 4.78 is 24.5. The van der Waals surface area contributed by atoms with Gasteiger partial charge >= 0.3 is 0 Å². The number of amides is 1. The Balaban J connectivity index is 1.77. The first kappa shape index (κ1) is 15.4. The van der Waals surface area contributed by atoms with Gasteiger partial charge in [-0.2, -0.15) is 0 Å². The van der Waals surface area contributed by atoms with Crippen LogP contribution in [0.1, 0.15) is 38.4 Å². The molecule has 3 rings (SSSR count). The second-order valence-electron chi connectivity index (χ2n) is 6.61. The van der Waals surface area contributed by atoms with Crippen LogP contribution in [0.5, 0.6) is 0 Å². The van der Waals surface area contributed by atoms with Crippen molar-refractivity contribution in [1.82, 2.24) is 4.90 Å². The minimum absolute atomic E-state index is 0.0397. The molecule has 22 heavy (non-hydrogen) atoms. The predicted molar refractivity (Wildman–Crippen MR) is 79.9 cm³/mol. The lowest BCUT2D eigenvalue weighted by Crippen LogP contribution is -2.58. The van der Waals surface area contributed by atoms with Crippen molar-refractivity contribution in [1.29, 1.82) is 0 Å².